The highest BCUT2D eigenvalue weighted by atomic mass is 35.5. The van der Waals surface area contributed by atoms with Crippen molar-refractivity contribution in [1.29, 1.82) is 0 Å². The van der Waals surface area contributed by atoms with E-state index >= 15 is 0 Å². The highest BCUT2D eigenvalue weighted by Gasteiger charge is 2.34. The van der Waals surface area contributed by atoms with Gasteiger partial charge in [0.25, 0.3) is 17.7 Å². The SMILES string of the molecule is CCNC(=O)c1cc(C(=O)N[C@H](C)c2ncc(C(=O)Nc3cc(C(F)(F)F)c(Cl)cn3)s2)ncn1. The van der Waals surface area contributed by atoms with E-state index in [0.717, 1.165) is 23.9 Å². The smallest absolute Gasteiger partial charge is 0.351 e. The number of anilines is 1. The molecule has 3 heterocycles. The number of hydrogen-bond acceptors (Lipinski definition) is 8. The van der Waals surface area contributed by atoms with Gasteiger partial charge in [-0.15, -0.1) is 11.3 Å². The maximum absolute atomic E-state index is 13.0. The van der Waals surface area contributed by atoms with Gasteiger partial charge >= 0.3 is 6.18 Å². The van der Waals surface area contributed by atoms with E-state index in [1.54, 1.807) is 13.8 Å². The number of thiazole rings is 1. The van der Waals surface area contributed by atoms with Crippen molar-refractivity contribution in [3.05, 3.63) is 62.7 Å². The molecule has 184 valence electrons. The van der Waals surface area contributed by atoms with E-state index in [0.29, 0.717) is 17.6 Å². The van der Waals surface area contributed by atoms with Gasteiger partial charge in [-0.3, -0.25) is 14.4 Å². The van der Waals surface area contributed by atoms with Crippen molar-refractivity contribution in [2.75, 3.05) is 11.9 Å². The average Bonchev–Trinajstić information content (AvgIpc) is 3.30. The minimum absolute atomic E-state index is 0.0253. The Balaban J connectivity index is 1.67. The van der Waals surface area contributed by atoms with E-state index in [-0.39, 0.29) is 22.1 Å². The summed E-state index contributed by atoms with van der Waals surface area (Å²) in [6, 6.07) is 1.21. The van der Waals surface area contributed by atoms with Crippen LogP contribution in [0.4, 0.5) is 19.0 Å². The van der Waals surface area contributed by atoms with Gasteiger partial charge < -0.3 is 16.0 Å². The summed E-state index contributed by atoms with van der Waals surface area (Å²) in [6.07, 6.45) is -1.61. The molecule has 0 aliphatic heterocycles. The van der Waals surface area contributed by atoms with Crippen LogP contribution in [-0.2, 0) is 6.18 Å². The van der Waals surface area contributed by atoms with Crippen LogP contribution >= 0.6 is 22.9 Å². The van der Waals surface area contributed by atoms with Gasteiger partial charge in [0.15, 0.2) is 0 Å². The third-order valence-electron chi connectivity index (χ3n) is 4.34. The van der Waals surface area contributed by atoms with Crippen molar-refractivity contribution < 1.29 is 27.6 Å². The lowest BCUT2D eigenvalue weighted by Gasteiger charge is -2.11. The van der Waals surface area contributed by atoms with Gasteiger partial charge in [-0.1, -0.05) is 11.6 Å². The number of nitrogens with zero attached hydrogens (tertiary/aromatic N) is 4. The summed E-state index contributed by atoms with van der Waals surface area (Å²) in [6.45, 7) is 3.74. The summed E-state index contributed by atoms with van der Waals surface area (Å²) in [7, 11) is 0. The van der Waals surface area contributed by atoms with Crippen molar-refractivity contribution >= 4 is 46.5 Å². The summed E-state index contributed by atoms with van der Waals surface area (Å²) < 4.78 is 39.0. The molecule has 1 atom stereocenters. The number of aromatic nitrogens is 4. The summed E-state index contributed by atoms with van der Waals surface area (Å²) >= 11 is 6.45. The molecule has 0 unspecified atom stereocenters. The number of hydrogen-bond donors (Lipinski definition) is 3. The number of amides is 3. The molecular formula is C20H17ClF3N7O3S. The van der Waals surface area contributed by atoms with Crippen LogP contribution in [0.2, 0.25) is 5.02 Å². The first-order valence-corrected chi connectivity index (χ1v) is 11.1. The molecule has 0 saturated carbocycles. The van der Waals surface area contributed by atoms with E-state index in [1.807, 2.05) is 0 Å². The maximum atomic E-state index is 13.0. The van der Waals surface area contributed by atoms with Gasteiger partial charge in [0.2, 0.25) is 0 Å². The quantitative estimate of drug-likeness (QED) is 0.427. The fourth-order valence-corrected chi connectivity index (χ4v) is 3.71. The molecule has 3 aromatic rings. The molecular weight excluding hydrogens is 511 g/mol. The first kappa shape index (κ1) is 26.0. The number of carbonyl (C=O) groups excluding carboxylic acids is 3. The number of halogens is 4. The minimum Gasteiger partial charge on any atom is -0.351 e. The highest BCUT2D eigenvalue weighted by molar-refractivity contribution is 7.13. The number of pyridine rings is 1. The third kappa shape index (κ3) is 6.48. The fraction of sp³-hybridized carbons (Fsp3) is 0.250. The molecule has 0 aliphatic rings. The van der Waals surface area contributed by atoms with Gasteiger partial charge in [0, 0.05) is 18.8 Å². The van der Waals surface area contributed by atoms with Crippen molar-refractivity contribution in [2.24, 2.45) is 0 Å². The van der Waals surface area contributed by atoms with E-state index in [9.17, 15) is 27.6 Å². The Morgan fingerprint density at radius 3 is 2.37 bits per heavy atom. The van der Waals surface area contributed by atoms with Crippen LogP contribution in [0.5, 0.6) is 0 Å². The topological polar surface area (TPSA) is 139 Å². The van der Waals surface area contributed by atoms with E-state index in [2.05, 4.69) is 35.9 Å². The summed E-state index contributed by atoms with van der Waals surface area (Å²) in [5.41, 5.74) is -1.15. The number of nitrogens with one attached hydrogen (secondary N) is 3. The third-order valence-corrected chi connectivity index (χ3v) is 5.82. The average molecular weight is 528 g/mol. The van der Waals surface area contributed by atoms with Crippen LogP contribution < -0.4 is 16.0 Å². The lowest BCUT2D eigenvalue weighted by Crippen LogP contribution is -2.29. The second-order valence-electron chi connectivity index (χ2n) is 6.91. The molecule has 0 fully saturated rings. The van der Waals surface area contributed by atoms with E-state index < -0.39 is 40.5 Å². The summed E-state index contributed by atoms with van der Waals surface area (Å²) in [5.74, 6) is -2.13. The van der Waals surface area contributed by atoms with E-state index in [1.165, 1.54) is 12.3 Å². The Labute approximate surface area is 205 Å². The highest BCUT2D eigenvalue weighted by Crippen LogP contribution is 2.35. The standard InChI is InChI=1S/C20H17ClF3N7O3S/c1-3-25-16(32)12-5-13(29-8-28-12)17(33)30-9(2)19-27-7-14(35-19)18(34)31-15-4-10(20(22,23)24)11(21)6-26-15/h4-9H,3H2,1-2H3,(H,25,32)(H,30,33)(H,26,31,34)/t9-/m1/s1. The van der Waals surface area contributed by atoms with Crippen molar-refractivity contribution in [1.82, 2.24) is 30.6 Å². The summed E-state index contributed by atoms with van der Waals surface area (Å²) in [4.78, 5) is 52.4. The zero-order valence-corrected chi connectivity index (χ0v) is 19.7. The Morgan fingerprint density at radius 1 is 1.03 bits per heavy atom. The largest absolute Gasteiger partial charge is 0.418 e. The van der Waals surface area contributed by atoms with Gasteiger partial charge in [0.05, 0.1) is 22.8 Å². The second-order valence-corrected chi connectivity index (χ2v) is 8.38. The number of rotatable bonds is 7. The zero-order chi connectivity index (χ0) is 25.8. The number of carbonyl (C=O) groups is 3. The zero-order valence-electron chi connectivity index (χ0n) is 18.1. The van der Waals surface area contributed by atoms with Crippen LogP contribution in [0.3, 0.4) is 0 Å². The Morgan fingerprint density at radius 2 is 1.71 bits per heavy atom. The van der Waals surface area contributed by atoms with Crippen LogP contribution in [0.15, 0.2) is 30.9 Å². The molecule has 0 aliphatic carbocycles. The van der Waals surface area contributed by atoms with Crippen LogP contribution in [0, 0.1) is 0 Å². The van der Waals surface area contributed by atoms with Crippen LogP contribution in [-0.4, -0.2) is 44.2 Å². The van der Waals surface area contributed by atoms with Crippen molar-refractivity contribution in [2.45, 2.75) is 26.1 Å². The van der Waals surface area contributed by atoms with Crippen LogP contribution in [0.1, 0.15) is 61.1 Å². The van der Waals surface area contributed by atoms with Crippen LogP contribution in [0.25, 0.3) is 0 Å². The molecule has 3 aromatic heterocycles. The first-order valence-electron chi connectivity index (χ1n) is 9.90. The second kappa shape index (κ2) is 10.7. The fourth-order valence-electron chi connectivity index (χ4n) is 2.68. The normalized spacial score (nSPS) is 12.1. The molecule has 3 rings (SSSR count). The molecule has 10 nitrogen and oxygen atoms in total. The minimum atomic E-state index is -4.71. The molecule has 0 aromatic carbocycles. The molecule has 35 heavy (non-hydrogen) atoms. The maximum Gasteiger partial charge on any atom is 0.418 e. The molecule has 15 heteroatoms. The van der Waals surface area contributed by atoms with Gasteiger partial charge in [-0.25, -0.2) is 19.9 Å². The lowest BCUT2D eigenvalue weighted by molar-refractivity contribution is -0.137. The Hall–Kier alpha value is -3.65. The first-order chi connectivity index (χ1) is 16.5. The van der Waals surface area contributed by atoms with Gasteiger partial charge in [0.1, 0.15) is 33.4 Å². The lowest BCUT2D eigenvalue weighted by atomic mass is 10.2. The van der Waals surface area contributed by atoms with Gasteiger partial charge in [-0.05, 0) is 19.9 Å². The molecule has 0 spiro atoms. The Bertz CT molecular complexity index is 1270. The molecule has 3 N–H and O–H groups in total. The molecule has 0 radical (unpaired) electrons. The molecule has 3 amide bonds. The van der Waals surface area contributed by atoms with Crippen molar-refractivity contribution in [3.8, 4) is 0 Å². The molecule has 0 bridgehead atoms. The predicted octanol–water partition coefficient (Wildman–Crippen LogP) is 3.49. The Kier molecular flexibility index (Phi) is 7.96. The predicted molar refractivity (Wildman–Crippen MR) is 120 cm³/mol. The molecule has 0 saturated heterocycles. The van der Waals surface area contributed by atoms with Gasteiger partial charge in [-0.2, -0.15) is 13.2 Å². The monoisotopic (exact) mass is 527 g/mol. The van der Waals surface area contributed by atoms with E-state index in [4.69, 9.17) is 11.6 Å². The number of alkyl halides is 3. The van der Waals surface area contributed by atoms with Crippen molar-refractivity contribution in [3.63, 3.8) is 0 Å². The summed E-state index contributed by atoms with van der Waals surface area (Å²) in [5, 5.41) is 7.23.